The second kappa shape index (κ2) is 5.37. The Morgan fingerprint density at radius 3 is 3.31 bits per heavy atom. The summed E-state index contributed by atoms with van der Waals surface area (Å²) in [6, 6.07) is 0. The first-order valence-electron chi connectivity index (χ1n) is 4.25. The zero-order valence-electron chi connectivity index (χ0n) is 7.75. The smallest absolute Gasteiger partial charge is 0.394 e. The number of nitrogens with zero attached hydrogens (tertiary/aromatic N) is 1. The SMILES string of the molecule is C=CCOc1nc(CNCC)co1. The highest BCUT2D eigenvalue weighted by Crippen LogP contribution is 2.09. The molecule has 72 valence electrons. The van der Waals surface area contributed by atoms with E-state index >= 15 is 0 Å². The number of hydrogen-bond donors (Lipinski definition) is 1. The monoisotopic (exact) mass is 182 g/mol. The highest BCUT2D eigenvalue weighted by atomic mass is 16.6. The minimum absolute atomic E-state index is 0.299. The molecule has 1 heterocycles. The van der Waals surface area contributed by atoms with Crippen LogP contribution in [0.25, 0.3) is 0 Å². The van der Waals surface area contributed by atoms with Gasteiger partial charge in [-0.2, -0.15) is 4.98 Å². The number of ether oxygens (including phenoxy) is 1. The van der Waals surface area contributed by atoms with Crippen molar-refractivity contribution in [2.75, 3.05) is 13.2 Å². The molecule has 0 saturated heterocycles. The minimum Gasteiger partial charge on any atom is -0.446 e. The van der Waals surface area contributed by atoms with E-state index in [2.05, 4.69) is 16.9 Å². The van der Waals surface area contributed by atoms with Crippen molar-refractivity contribution >= 4 is 0 Å². The third-order valence-electron chi connectivity index (χ3n) is 1.41. The fourth-order valence-corrected chi connectivity index (χ4v) is 0.819. The average molecular weight is 182 g/mol. The predicted molar refractivity (Wildman–Crippen MR) is 49.6 cm³/mol. The van der Waals surface area contributed by atoms with Crippen molar-refractivity contribution in [1.29, 1.82) is 0 Å². The van der Waals surface area contributed by atoms with E-state index in [-0.39, 0.29) is 0 Å². The van der Waals surface area contributed by atoms with Crippen molar-refractivity contribution in [3.63, 3.8) is 0 Å². The molecule has 0 bridgehead atoms. The number of oxazole rings is 1. The summed E-state index contributed by atoms with van der Waals surface area (Å²) < 4.78 is 10.1. The maximum Gasteiger partial charge on any atom is 0.394 e. The predicted octanol–water partition coefficient (Wildman–Crippen LogP) is 1.35. The molecule has 0 fully saturated rings. The molecule has 1 aromatic heterocycles. The van der Waals surface area contributed by atoms with Gasteiger partial charge >= 0.3 is 6.08 Å². The summed E-state index contributed by atoms with van der Waals surface area (Å²) in [6.07, 6.45) is 3.53. The molecule has 1 aromatic rings. The maximum absolute atomic E-state index is 5.09. The van der Waals surface area contributed by atoms with E-state index in [1.807, 2.05) is 6.92 Å². The molecule has 0 radical (unpaired) electrons. The van der Waals surface area contributed by atoms with Crippen molar-refractivity contribution < 1.29 is 9.15 Å². The molecule has 0 aliphatic carbocycles. The molecule has 13 heavy (non-hydrogen) atoms. The van der Waals surface area contributed by atoms with Crippen LogP contribution in [0.15, 0.2) is 23.3 Å². The molecular formula is C9H14N2O2. The van der Waals surface area contributed by atoms with E-state index in [0.717, 1.165) is 12.2 Å². The summed E-state index contributed by atoms with van der Waals surface area (Å²) in [5, 5.41) is 3.14. The summed E-state index contributed by atoms with van der Waals surface area (Å²) in [7, 11) is 0. The van der Waals surface area contributed by atoms with Crippen molar-refractivity contribution in [3.8, 4) is 6.08 Å². The van der Waals surface area contributed by atoms with Gasteiger partial charge in [0.2, 0.25) is 0 Å². The number of aromatic nitrogens is 1. The van der Waals surface area contributed by atoms with Crippen LogP contribution in [0.3, 0.4) is 0 Å². The zero-order valence-corrected chi connectivity index (χ0v) is 7.75. The van der Waals surface area contributed by atoms with Crippen LogP contribution < -0.4 is 10.1 Å². The molecule has 0 aliphatic heterocycles. The summed E-state index contributed by atoms with van der Waals surface area (Å²) in [5.41, 5.74) is 0.848. The summed E-state index contributed by atoms with van der Waals surface area (Å²) >= 11 is 0. The Morgan fingerprint density at radius 2 is 2.62 bits per heavy atom. The average Bonchev–Trinajstić information content (AvgIpc) is 2.59. The van der Waals surface area contributed by atoms with Gasteiger partial charge in [-0.15, -0.1) is 0 Å². The Labute approximate surface area is 77.6 Å². The molecule has 0 spiro atoms. The highest BCUT2D eigenvalue weighted by molar-refractivity contribution is 4.99. The standard InChI is InChI=1S/C9H14N2O2/c1-3-5-12-9-11-8(7-13-9)6-10-4-2/h3,7,10H,1,4-6H2,2H3. The van der Waals surface area contributed by atoms with Gasteiger partial charge in [0.05, 0.1) is 5.69 Å². The second-order valence-electron chi connectivity index (χ2n) is 2.48. The molecule has 0 unspecified atom stereocenters. The Kier molecular flexibility index (Phi) is 4.05. The van der Waals surface area contributed by atoms with Gasteiger partial charge in [0, 0.05) is 6.54 Å². The first-order chi connectivity index (χ1) is 6.36. The lowest BCUT2D eigenvalue weighted by Crippen LogP contribution is -2.11. The molecule has 4 nitrogen and oxygen atoms in total. The Balaban J connectivity index is 2.38. The van der Waals surface area contributed by atoms with Gasteiger partial charge < -0.3 is 14.5 Å². The van der Waals surface area contributed by atoms with Crippen LogP contribution >= 0.6 is 0 Å². The first-order valence-corrected chi connectivity index (χ1v) is 4.25. The summed E-state index contributed by atoms with van der Waals surface area (Å²) in [5.74, 6) is 0. The summed E-state index contributed by atoms with van der Waals surface area (Å²) in [4.78, 5) is 4.09. The van der Waals surface area contributed by atoms with Crippen LogP contribution in [0, 0.1) is 0 Å². The van der Waals surface area contributed by atoms with E-state index < -0.39 is 0 Å². The Morgan fingerprint density at radius 1 is 1.77 bits per heavy atom. The van der Waals surface area contributed by atoms with Gasteiger partial charge in [-0.3, -0.25) is 0 Å². The van der Waals surface area contributed by atoms with Gasteiger partial charge in [0.25, 0.3) is 0 Å². The highest BCUT2D eigenvalue weighted by Gasteiger charge is 2.02. The quantitative estimate of drug-likeness (QED) is 0.674. The second-order valence-corrected chi connectivity index (χ2v) is 2.48. The largest absolute Gasteiger partial charge is 0.446 e. The molecule has 0 amide bonds. The van der Waals surface area contributed by atoms with Crippen molar-refractivity contribution in [2.24, 2.45) is 0 Å². The van der Waals surface area contributed by atoms with Crippen LogP contribution in [-0.4, -0.2) is 18.1 Å². The molecule has 0 atom stereocenters. The number of rotatable bonds is 6. The van der Waals surface area contributed by atoms with Crippen LogP contribution in [0.1, 0.15) is 12.6 Å². The lowest BCUT2D eigenvalue weighted by molar-refractivity contribution is 0.258. The Hall–Kier alpha value is -1.29. The third kappa shape index (κ3) is 3.29. The fourth-order valence-electron chi connectivity index (χ4n) is 0.819. The minimum atomic E-state index is 0.299. The van der Waals surface area contributed by atoms with Gasteiger partial charge in [-0.05, 0) is 6.54 Å². The van der Waals surface area contributed by atoms with E-state index in [4.69, 9.17) is 9.15 Å². The van der Waals surface area contributed by atoms with Crippen LogP contribution in [-0.2, 0) is 6.54 Å². The van der Waals surface area contributed by atoms with Crippen LogP contribution in [0.5, 0.6) is 6.08 Å². The normalized spacial score (nSPS) is 9.92. The van der Waals surface area contributed by atoms with E-state index in [1.54, 1.807) is 12.3 Å². The topological polar surface area (TPSA) is 47.3 Å². The maximum atomic E-state index is 5.09. The summed E-state index contributed by atoms with van der Waals surface area (Å²) in [6.45, 7) is 7.60. The van der Waals surface area contributed by atoms with Crippen molar-refractivity contribution in [3.05, 3.63) is 24.6 Å². The number of hydrogen-bond acceptors (Lipinski definition) is 4. The van der Waals surface area contributed by atoms with Crippen molar-refractivity contribution in [2.45, 2.75) is 13.5 Å². The molecular weight excluding hydrogens is 168 g/mol. The van der Waals surface area contributed by atoms with Gasteiger partial charge in [0.15, 0.2) is 0 Å². The van der Waals surface area contributed by atoms with E-state index in [9.17, 15) is 0 Å². The number of nitrogens with one attached hydrogen (secondary N) is 1. The molecule has 1 rings (SSSR count). The molecule has 0 aromatic carbocycles. The lowest BCUT2D eigenvalue weighted by Gasteiger charge is -1.94. The molecule has 1 N–H and O–H groups in total. The zero-order chi connectivity index (χ0) is 9.52. The Bertz CT molecular complexity index is 258. The van der Waals surface area contributed by atoms with Gasteiger partial charge in [-0.25, -0.2) is 0 Å². The molecule has 0 saturated carbocycles. The van der Waals surface area contributed by atoms with Gasteiger partial charge in [0.1, 0.15) is 12.9 Å². The third-order valence-corrected chi connectivity index (χ3v) is 1.41. The fraction of sp³-hybridized carbons (Fsp3) is 0.444. The van der Waals surface area contributed by atoms with E-state index in [1.165, 1.54) is 0 Å². The molecule has 0 aliphatic rings. The van der Waals surface area contributed by atoms with Crippen LogP contribution in [0.4, 0.5) is 0 Å². The lowest BCUT2D eigenvalue weighted by atomic mass is 10.5. The van der Waals surface area contributed by atoms with E-state index in [0.29, 0.717) is 19.2 Å². The van der Waals surface area contributed by atoms with Crippen molar-refractivity contribution in [1.82, 2.24) is 10.3 Å². The first kappa shape index (κ1) is 9.80. The molecule has 4 heteroatoms. The van der Waals surface area contributed by atoms with Crippen LogP contribution in [0.2, 0.25) is 0 Å². The van der Waals surface area contributed by atoms with Gasteiger partial charge in [-0.1, -0.05) is 19.6 Å².